The molecule has 0 amide bonds. The predicted molar refractivity (Wildman–Crippen MR) is 85.7 cm³/mol. The van der Waals surface area contributed by atoms with Gasteiger partial charge in [-0.05, 0) is 51.4 Å². The average Bonchev–Trinajstić information content (AvgIpc) is 2.49. The minimum Gasteiger partial charge on any atom is -0.405 e. The lowest BCUT2D eigenvalue weighted by Crippen LogP contribution is -2.40. The molecule has 0 saturated carbocycles. The minimum atomic E-state index is -4.67. The number of rotatable bonds is 7. The molecular formula is C17H25F3N2O2. The van der Waals surface area contributed by atoms with E-state index >= 15 is 0 Å². The number of nitrogens with one attached hydrogen (secondary N) is 1. The van der Waals surface area contributed by atoms with Gasteiger partial charge in [0.1, 0.15) is 5.75 Å². The standard InChI is InChI=1S/C17H25F3N2O2/c1-13(23)12-22-8-6-14(7-9-22)10-21-11-15-4-2-3-5-16(15)24-17(18,19)20/h2-5,13-14,21,23H,6-12H2,1H3/t13-/m0/s1. The van der Waals surface area contributed by atoms with Crippen LogP contribution in [0.3, 0.4) is 0 Å². The summed E-state index contributed by atoms with van der Waals surface area (Å²) in [5.41, 5.74) is 0.501. The number of para-hydroxylation sites is 1. The quantitative estimate of drug-likeness (QED) is 0.797. The van der Waals surface area contributed by atoms with Gasteiger partial charge in [-0.15, -0.1) is 13.2 Å². The third kappa shape index (κ3) is 6.67. The van der Waals surface area contributed by atoms with Crippen LogP contribution in [-0.2, 0) is 6.54 Å². The number of aliphatic hydroxyl groups excluding tert-OH is 1. The van der Waals surface area contributed by atoms with Crippen LogP contribution in [0, 0.1) is 5.92 Å². The first kappa shape index (κ1) is 19.0. The first-order chi connectivity index (χ1) is 11.3. The normalized spacial score (nSPS) is 18.5. The number of likely N-dealkylation sites (tertiary alicyclic amines) is 1. The molecule has 1 aliphatic heterocycles. The first-order valence-corrected chi connectivity index (χ1v) is 8.28. The Balaban J connectivity index is 1.75. The van der Waals surface area contributed by atoms with Crippen molar-refractivity contribution in [3.8, 4) is 5.75 Å². The van der Waals surface area contributed by atoms with Gasteiger partial charge in [0, 0.05) is 18.7 Å². The van der Waals surface area contributed by atoms with Gasteiger partial charge in [-0.25, -0.2) is 0 Å². The van der Waals surface area contributed by atoms with Crippen LogP contribution in [0.5, 0.6) is 5.75 Å². The highest BCUT2D eigenvalue weighted by Gasteiger charge is 2.32. The lowest BCUT2D eigenvalue weighted by molar-refractivity contribution is -0.274. The maximum absolute atomic E-state index is 12.4. The Morgan fingerprint density at radius 3 is 2.58 bits per heavy atom. The summed E-state index contributed by atoms with van der Waals surface area (Å²) in [6, 6.07) is 6.20. The number of benzene rings is 1. The largest absolute Gasteiger partial charge is 0.573 e. The zero-order valence-electron chi connectivity index (χ0n) is 13.9. The molecule has 1 atom stereocenters. The molecule has 1 heterocycles. The van der Waals surface area contributed by atoms with E-state index in [9.17, 15) is 18.3 Å². The Morgan fingerprint density at radius 2 is 1.96 bits per heavy atom. The van der Waals surface area contributed by atoms with E-state index in [0.29, 0.717) is 24.6 Å². The smallest absolute Gasteiger partial charge is 0.405 e. The molecule has 1 aromatic carbocycles. The lowest BCUT2D eigenvalue weighted by atomic mass is 9.96. The van der Waals surface area contributed by atoms with Crippen LogP contribution in [0.2, 0.25) is 0 Å². The number of halogens is 3. The molecule has 0 unspecified atom stereocenters. The van der Waals surface area contributed by atoms with Crippen molar-refractivity contribution in [2.45, 2.75) is 38.8 Å². The van der Waals surface area contributed by atoms with Gasteiger partial charge < -0.3 is 20.1 Å². The molecule has 2 rings (SSSR count). The van der Waals surface area contributed by atoms with Crippen LogP contribution in [-0.4, -0.2) is 48.7 Å². The van der Waals surface area contributed by atoms with Crippen LogP contribution >= 0.6 is 0 Å². The van der Waals surface area contributed by atoms with Crippen LogP contribution in [0.4, 0.5) is 13.2 Å². The molecule has 1 saturated heterocycles. The van der Waals surface area contributed by atoms with Crippen LogP contribution in [0.25, 0.3) is 0 Å². The van der Waals surface area contributed by atoms with Gasteiger partial charge in [-0.3, -0.25) is 0 Å². The Morgan fingerprint density at radius 1 is 1.29 bits per heavy atom. The fraction of sp³-hybridized carbons (Fsp3) is 0.647. The Hall–Kier alpha value is -1.31. The van der Waals surface area contributed by atoms with E-state index in [1.165, 1.54) is 12.1 Å². The Labute approximate surface area is 140 Å². The van der Waals surface area contributed by atoms with Crippen molar-refractivity contribution in [3.63, 3.8) is 0 Å². The molecule has 0 aromatic heterocycles. The monoisotopic (exact) mass is 346 g/mol. The molecule has 1 aliphatic rings. The number of nitrogens with zero attached hydrogens (tertiary/aromatic N) is 1. The average molecular weight is 346 g/mol. The number of piperidine rings is 1. The van der Waals surface area contributed by atoms with Crippen LogP contribution in [0.1, 0.15) is 25.3 Å². The third-order valence-corrected chi connectivity index (χ3v) is 4.18. The van der Waals surface area contributed by atoms with E-state index in [2.05, 4.69) is 15.0 Å². The Kier molecular flexibility index (Phi) is 6.89. The lowest BCUT2D eigenvalue weighted by Gasteiger charge is -2.32. The summed E-state index contributed by atoms with van der Waals surface area (Å²) in [7, 11) is 0. The molecule has 0 bridgehead atoms. The molecule has 0 spiro atoms. The molecule has 7 heteroatoms. The number of hydrogen-bond acceptors (Lipinski definition) is 4. The second kappa shape index (κ2) is 8.69. The molecule has 24 heavy (non-hydrogen) atoms. The number of alkyl halides is 3. The molecule has 1 fully saturated rings. The van der Waals surface area contributed by atoms with Crippen LogP contribution < -0.4 is 10.1 Å². The highest BCUT2D eigenvalue weighted by Crippen LogP contribution is 2.26. The summed E-state index contributed by atoms with van der Waals surface area (Å²) in [4.78, 5) is 2.24. The molecule has 0 radical (unpaired) electrons. The van der Waals surface area contributed by atoms with Gasteiger partial charge in [-0.1, -0.05) is 18.2 Å². The SMILES string of the molecule is C[C@H](O)CN1CCC(CNCc2ccccc2OC(F)(F)F)CC1. The summed E-state index contributed by atoms with van der Waals surface area (Å²) < 4.78 is 41.2. The maximum atomic E-state index is 12.4. The number of ether oxygens (including phenoxy) is 1. The van der Waals surface area contributed by atoms with E-state index in [0.717, 1.165) is 32.5 Å². The van der Waals surface area contributed by atoms with E-state index in [1.807, 2.05) is 0 Å². The summed E-state index contributed by atoms with van der Waals surface area (Å²) in [6.07, 6.45) is -2.93. The fourth-order valence-electron chi connectivity index (χ4n) is 3.03. The number of aliphatic hydroxyl groups is 1. The van der Waals surface area contributed by atoms with Gasteiger partial charge >= 0.3 is 6.36 Å². The molecule has 4 nitrogen and oxygen atoms in total. The second-order valence-corrected chi connectivity index (χ2v) is 6.38. The van der Waals surface area contributed by atoms with Gasteiger partial charge in [0.25, 0.3) is 0 Å². The molecule has 2 N–H and O–H groups in total. The highest BCUT2D eigenvalue weighted by atomic mass is 19.4. The van der Waals surface area contributed by atoms with Gasteiger partial charge in [-0.2, -0.15) is 0 Å². The fourth-order valence-corrected chi connectivity index (χ4v) is 3.03. The van der Waals surface area contributed by atoms with Gasteiger partial charge in [0.05, 0.1) is 6.10 Å². The zero-order valence-corrected chi connectivity index (χ0v) is 13.9. The van der Waals surface area contributed by atoms with E-state index < -0.39 is 6.36 Å². The molecular weight excluding hydrogens is 321 g/mol. The zero-order chi connectivity index (χ0) is 17.6. The summed E-state index contributed by atoms with van der Waals surface area (Å²) in [6.45, 7) is 5.50. The van der Waals surface area contributed by atoms with Crippen molar-refractivity contribution in [1.82, 2.24) is 10.2 Å². The first-order valence-electron chi connectivity index (χ1n) is 8.28. The molecule has 1 aromatic rings. The van der Waals surface area contributed by atoms with Crippen molar-refractivity contribution in [2.24, 2.45) is 5.92 Å². The van der Waals surface area contributed by atoms with Gasteiger partial charge in [0.15, 0.2) is 0 Å². The van der Waals surface area contributed by atoms with E-state index in [-0.39, 0.29) is 11.9 Å². The summed E-state index contributed by atoms with van der Waals surface area (Å²) in [5, 5.41) is 12.6. The van der Waals surface area contributed by atoms with Crippen molar-refractivity contribution in [2.75, 3.05) is 26.2 Å². The Bertz CT molecular complexity index is 501. The third-order valence-electron chi connectivity index (χ3n) is 4.18. The summed E-state index contributed by atoms with van der Waals surface area (Å²) in [5.74, 6) is 0.357. The topological polar surface area (TPSA) is 44.7 Å². The van der Waals surface area contributed by atoms with Crippen molar-refractivity contribution < 1.29 is 23.0 Å². The van der Waals surface area contributed by atoms with Crippen molar-refractivity contribution in [1.29, 1.82) is 0 Å². The van der Waals surface area contributed by atoms with Crippen molar-refractivity contribution >= 4 is 0 Å². The molecule has 136 valence electrons. The predicted octanol–water partition coefficient (Wildman–Crippen LogP) is 2.77. The molecule has 0 aliphatic carbocycles. The number of hydrogen-bond donors (Lipinski definition) is 2. The van der Waals surface area contributed by atoms with Gasteiger partial charge in [0.2, 0.25) is 0 Å². The van der Waals surface area contributed by atoms with E-state index in [1.54, 1.807) is 19.1 Å². The highest BCUT2D eigenvalue weighted by molar-refractivity contribution is 5.33. The second-order valence-electron chi connectivity index (χ2n) is 6.38. The summed E-state index contributed by atoms with van der Waals surface area (Å²) >= 11 is 0. The van der Waals surface area contributed by atoms with Crippen molar-refractivity contribution in [3.05, 3.63) is 29.8 Å². The van der Waals surface area contributed by atoms with Crippen LogP contribution in [0.15, 0.2) is 24.3 Å². The van der Waals surface area contributed by atoms with E-state index in [4.69, 9.17) is 0 Å². The number of β-amino-alcohol motifs (C(OH)–C–C–N with tert-alkyl or cyclic N) is 1. The maximum Gasteiger partial charge on any atom is 0.573 e. The minimum absolute atomic E-state index is 0.149.